The lowest BCUT2D eigenvalue weighted by Crippen LogP contribution is -2.31. The monoisotopic (exact) mass is 333 g/mol. The molecule has 0 aliphatic rings. The molecule has 0 amide bonds. The van der Waals surface area contributed by atoms with Crippen LogP contribution in [0.5, 0.6) is 5.75 Å². The van der Waals surface area contributed by atoms with Crippen molar-refractivity contribution < 1.29 is 13.2 Å². The Hall–Kier alpha value is -1.85. The zero-order valence-corrected chi connectivity index (χ0v) is 14.9. The van der Waals surface area contributed by atoms with Gasteiger partial charge in [-0.1, -0.05) is 37.3 Å². The average Bonchev–Trinajstić information content (AvgIpc) is 2.55. The van der Waals surface area contributed by atoms with Gasteiger partial charge >= 0.3 is 0 Å². The molecule has 2 aromatic rings. The van der Waals surface area contributed by atoms with E-state index in [4.69, 9.17) is 4.74 Å². The highest BCUT2D eigenvalue weighted by Crippen LogP contribution is 2.28. The zero-order chi connectivity index (χ0) is 17.0. The van der Waals surface area contributed by atoms with Crippen LogP contribution in [0, 0.1) is 13.8 Å². The largest absolute Gasteiger partial charge is 0.496 e. The summed E-state index contributed by atoms with van der Waals surface area (Å²) in [6, 6.07) is 13.1. The van der Waals surface area contributed by atoms with Crippen LogP contribution in [0.15, 0.2) is 47.4 Å². The fourth-order valence-corrected chi connectivity index (χ4v) is 4.28. The topological polar surface area (TPSA) is 46.6 Å². The second-order valence-corrected chi connectivity index (χ2v) is 7.41. The van der Waals surface area contributed by atoms with E-state index in [1.165, 1.54) is 4.31 Å². The van der Waals surface area contributed by atoms with Crippen molar-refractivity contribution >= 4 is 10.0 Å². The molecular weight excluding hydrogens is 310 g/mol. The molecule has 0 spiro atoms. The minimum absolute atomic E-state index is 0.341. The molecule has 0 bridgehead atoms. The lowest BCUT2D eigenvalue weighted by Gasteiger charge is -2.22. The molecule has 0 radical (unpaired) electrons. The summed E-state index contributed by atoms with van der Waals surface area (Å²) in [5.74, 6) is 0.701. The predicted molar refractivity (Wildman–Crippen MR) is 92.2 cm³/mol. The minimum Gasteiger partial charge on any atom is -0.496 e. The van der Waals surface area contributed by atoms with Crippen molar-refractivity contribution in [2.24, 2.45) is 0 Å². The molecule has 0 heterocycles. The molecule has 2 rings (SSSR count). The van der Waals surface area contributed by atoms with Crippen molar-refractivity contribution in [3.8, 4) is 5.75 Å². The van der Waals surface area contributed by atoms with Crippen molar-refractivity contribution in [1.29, 1.82) is 0 Å². The quantitative estimate of drug-likeness (QED) is 0.812. The van der Waals surface area contributed by atoms with E-state index in [1.54, 1.807) is 26.2 Å². The van der Waals surface area contributed by atoms with Crippen LogP contribution in [0.4, 0.5) is 0 Å². The maximum Gasteiger partial charge on any atom is 0.243 e. The molecule has 0 saturated carbocycles. The number of benzene rings is 2. The molecule has 0 aromatic heterocycles. The van der Waals surface area contributed by atoms with Gasteiger partial charge in [0.2, 0.25) is 10.0 Å². The Morgan fingerprint density at radius 2 is 1.70 bits per heavy atom. The Kier molecular flexibility index (Phi) is 5.44. The molecule has 4 nitrogen and oxygen atoms in total. The Labute approximate surface area is 138 Å². The summed E-state index contributed by atoms with van der Waals surface area (Å²) in [6.45, 7) is 6.29. The Bertz CT molecular complexity index is 770. The molecule has 0 atom stereocenters. The Morgan fingerprint density at radius 3 is 2.26 bits per heavy atom. The number of methoxy groups -OCH3 is 1. The zero-order valence-electron chi connectivity index (χ0n) is 14.0. The van der Waals surface area contributed by atoms with E-state index in [1.807, 2.05) is 44.2 Å². The number of ether oxygens (including phenoxy) is 1. The van der Waals surface area contributed by atoms with Crippen molar-refractivity contribution in [2.45, 2.75) is 32.2 Å². The normalized spacial score (nSPS) is 11.7. The summed E-state index contributed by atoms with van der Waals surface area (Å²) in [5.41, 5.74) is 2.48. The molecule has 5 heteroatoms. The van der Waals surface area contributed by atoms with Crippen LogP contribution in [-0.2, 0) is 16.6 Å². The van der Waals surface area contributed by atoms with Gasteiger partial charge < -0.3 is 4.74 Å². The molecule has 0 aliphatic carbocycles. The van der Waals surface area contributed by atoms with E-state index in [2.05, 4.69) is 0 Å². The highest BCUT2D eigenvalue weighted by atomic mass is 32.2. The summed E-state index contributed by atoms with van der Waals surface area (Å²) in [5, 5.41) is 0. The van der Waals surface area contributed by atoms with Crippen LogP contribution in [0.25, 0.3) is 0 Å². The fourth-order valence-electron chi connectivity index (χ4n) is 2.55. The third-order valence-corrected chi connectivity index (χ3v) is 5.93. The Balaban J connectivity index is 2.41. The van der Waals surface area contributed by atoms with Crippen molar-refractivity contribution in [2.75, 3.05) is 13.7 Å². The van der Waals surface area contributed by atoms with Gasteiger partial charge in [-0.25, -0.2) is 8.42 Å². The summed E-state index contributed by atoms with van der Waals surface area (Å²) < 4.78 is 32.8. The lowest BCUT2D eigenvalue weighted by atomic mass is 10.1. The molecule has 124 valence electrons. The van der Waals surface area contributed by atoms with Gasteiger partial charge in [0.1, 0.15) is 5.75 Å². The number of hydrogen-bond acceptors (Lipinski definition) is 3. The molecule has 0 saturated heterocycles. The van der Waals surface area contributed by atoms with Gasteiger partial charge in [-0.3, -0.25) is 0 Å². The van der Waals surface area contributed by atoms with E-state index in [0.717, 1.165) is 11.1 Å². The molecule has 0 unspecified atom stereocenters. The predicted octanol–water partition coefficient (Wildman–Crippen LogP) is 3.52. The second-order valence-electron chi connectivity index (χ2n) is 5.50. The highest BCUT2D eigenvalue weighted by Gasteiger charge is 2.25. The van der Waals surface area contributed by atoms with Gasteiger partial charge in [0.25, 0.3) is 0 Å². The van der Waals surface area contributed by atoms with Crippen LogP contribution in [0.1, 0.15) is 23.6 Å². The third-order valence-electron chi connectivity index (χ3n) is 3.86. The van der Waals surface area contributed by atoms with E-state index in [9.17, 15) is 8.42 Å². The number of aryl methyl sites for hydroxylation is 2. The molecule has 23 heavy (non-hydrogen) atoms. The number of hydrogen-bond donors (Lipinski definition) is 0. The van der Waals surface area contributed by atoms with Crippen molar-refractivity contribution in [3.63, 3.8) is 0 Å². The smallest absolute Gasteiger partial charge is 0.243 e. The SMILES string of the molecule is CCN(Cc1ccccc1)S(=O)(=O)c1cc(C)c(OC)cc1C. The van der Waals surface area contributed by atoms with Gasteiger partial charge in [0.15, 0.2) is 0 Å². The minimum atomic E-state index is -3.55. The summed E-state index contributed by atoms with van der Waals surface area (Å²) >= 11 is 0. The molecular formula is C18H23NO3S. The van der Waals surface area contributed by atoms with Gasteiger partial charge in [-0.2, -0.15) is 4.31 Å². The highest BCUT2D eigenvalue weighted by molar-refractivity contribution is 7.89. The first-order valence-corrected chi connectivity index (χ1v) is 9.03. The third kappa shape index (κ3) is 3.74. The summed E-state index contributed by atoms with van der Waals surface area (Å²) in [6.07, 6.45) is 0. The maximum absolute atomic E-state index is 13.0. The average molecular weight is 333 g/mol. The van der Waals surface area contributed by atoms with Gasteiger partial charge in [-0.15, -0.1) is 0 Å². The first-order chi connectivity index (χ1) is 10.9. The lowest BCUT2D eigenvalue weighted by molar-refractivity contribution is 0.409. The van der Waals surface area contributed by atoms with Gasteiger partial charge in [0, 0.05) is 13.1 Å². The first-order valence-electron chi connectivity index (χ1n) is 7.59. The Morgan fingerprint density at radius 1 is 1.04 bits per heavy atom. The molecule has 0 aliphatic heterocycles. The van der Waals surface area contributed by atoms with Crippen molar-refractivity contribution in [1.82, 2.24) is 4.31 Å². The van der Waals surface area contributed by atoms with Crippen LogP contribution in [0.2, 0.25) is 0 Å². The number of rotatable bonds is 6. The summed E-state index contributed by atoms with van der Waals surface area (Å²) in [7, 11) is -1.96. The number of nitrogens with zero attached hydrogens (tertiary/aromatic N) is 1. The van der Waals surface area contributed by atoms with E-state index >= 15 is 0 Å². The van der Waals surface area contributed by atoms with Crippen molar-refractivity contribution in [3.05, 3.63) is 59.2 Å². The van der Waals surface area contributed by atoms with E-state index in [-0.39, 0.29) is 0 Å². The fraction of sp³-hybridized carbons (Fsp3) is 0.333. The van der Waals surface area contributed by atoms with Gasteiger partial charge in [-0.05, 0) is 42.7 Å². The van der Waals surface area contributed by atoms with E-state index < -0.39 is 10.0 Å². The molecule has 0 N–H and O–H groups in total. The van der Waals surface area contributed by atoms with Crippen LogP contribution < -0.4 is 4.74 Å². The summed E-state index contributed by atoms with van der Waals surface area (Å²) in [4.78, 5) is 0.341. The molecule has 2 aromatic carbocycles. The molecule has 0 fully saturated rings. The van der Waals surface area contributed by atoms with Crippen LogP contribution >= 0.6 is 0 Å². The van der Waals surface area contributed by atoms with Crippen LogP contribution in [0.3, 0.4) is 0 Å². The maximum atomic E-state index is 13.0. The number of sulfonamides is 1. The van der Waals surface area contributed by atoms with E-state index in [0.29, 0.717) is 29.3 Å². The van der Waals surface area contributed by atoms with Gasteiger partial charge in [0.05, 0.1) is 12.0 Å². The van der Waals surface area contributed by atoms with Crippen LogP contribution in [-0.4, -0.2) is 26.4 Å². The standard InChI is InChI=1S/C18H23NO3S/c1-5-19(13-16-9-7-6-8-10-16)23(20,21)18-12-14(2)17(22-4)11-15(18)3/h6-12H,5,13H2,1-4H3. The second kappa shape index (κ2) is 7.15. The first kappa shape index (κ1) is 17.5.